The van der Waals surface area contributed by atoms with Crippen molar-refractivity contribution >= 4 is 12.1 Å². The van der Waals surface area contributed by atoms with Crippen molar-refractivity contribution in [3.05, 3.63) is 53.6 Å². The van der Waals surface area contributed by atoms with Crippen LogP contribution in [0.25, 0.3) is 0 Å². The second kappa shape index (κ2) is 9.09. The number of hydrogen-bond donors (Lipinski definition) is 1. The van der Waals surface area contributed by atoms with Gasteiger partial charge in [-0.25, -0.2) is 13.3 Å². The molecule has 6 nitrogen and oxygen atoms in total. The van der Waals surface area contributed by atoms with Crippen LogP contribution < -0.4 is 9.99 Å². The number of carbonyl (C=O) groups excluding carboxylic acids is 1. The standard InChI is InChI=1S/C17H11F11N4O2/c1-31-2-3-32(8-31)30-13(33)9-4-11(18)10(12(19)5-9)6-29-34-7-14(20,21)15(22,23)16(24,25)17(26,27)28/h2-6,8H,7H2,1H3/p+1/b29-6+. The molecule has 2 aromatic rings. The van der Waals surface area contributed by atoms with Crippen molar-refractivity contribution in [2.45, 2.75) is 23.9 Å². The fraction of sp³-hybridized carbons (Fsp3) is 0.353. The zero-order chi connectivity index (χ0) is 26.1. The van der Waals surface area contributed by atoms with Crippen LogP contribution in [0.15, 0.2) is 36.0 Å². The molecule has 1 N–H and O–H groups in total. The Hall–Kier alpha value is -3.40. The fourth-order valence-electron chi connectivity index (χ4n) is 2.24. The van der Waals surface area contributed by atoms with Crippen LogP contribution >= 0.6 is 0 Å². The summed E-state index contributed by atoms with van der Waals surface area (Å²) in [5, 5.41) is 2.50. The Kier molecular flexibility index (Phi) is 7.18. The van der Waals surface area contributed by atoms with Crippen molar-refractivity contribution in [3.8, 4) is 0 Å². The molecule has 0 aliphatic carbocycles. The third-order valence-electron chi connectivity index (χ3n) is 4.05. The van der Waals surface area contributed by atoms with Gasteiger partial charge in [0.25, 0.3) is 12.2 Å². The second-order valence-corrected chi connectivity index (χ2v) is 6.64. The predicted molar refractivity (Wildman–Crippen MR) is 90.1 cm³/mol. The van der Waals surface area contributed by atoms with Crippen LogP contribution in [0.4, 0.5) is 48.3 Å². The van der Waals surface area contributed by atoms with E-state index in [0.717, 1.165) is 4.68 Å². The summed E-state index contributed by atoms with van der Waals surface area (Å²) >= 11 is 0. The number of oxime groups is 1. The molecule has 1 aromatic heterocycles. The summed E-state index contributed by atoms with van der Waals surface area (Å²) in [4.78, 5) is 15.6. The van der Waals surface area contributed by atoms with Crippen LogP contribution in [0.5, 0.6) is 0 Å². The number of nitrogens with zero attached hydrogens (tertiary/aromatic N) is 3. The zero-order valence-electron chi connectivity index (χ0n) is 16.5. The van der Waals surface area contributed by atoms with Crippen LogP contribution in [0, 0.1) is 11.6 Å². The van der Waals surface area contributed by atoms with Crippen LogP contribution in [0.2, 0.25) is 0 Å². The van der Waals surface area contributed by atoms with Crippen molar-refractivity contribution in [2.24, 2.45) is 12.2 Å². The van der Waals surface area contributed by atoms with E-state index in [1.54, 1.807) is 7.05 Å². The normalized spacial score (nSPS) is 13.4. The average Bonchev–Trinajstić information content (AvgIpc) is 3.09. The fourth-order valence-corrected chi connectivity index (χ4v) is 2.24. The third kappa shape index (κ3) is 5.22. The van der Waals surface area contributed by atoms with Gasteiger partial charge in [0.1, 0.15) is 17.8 Å². The van der Waals surface area contributed by atoms with Gasteiger partial charge in [-0.2, -0.15) is 44.9 Å². The Morgan fingerprint density at radius 3 is 2.09 bits per heavy atom. The van der Waals surface area contributed by atoms with Crippen molar-refractivity contribution < 1.29 is 62.5 Å². The molecule has 1 heterocycles. The van der Waals surface area contributed by atoms with E-state index < -0.39 is 59.2 Å². The Bertz CT molecular complexity index is 1060. The van der Waals surface area contributed by atoms with Crippen molar-refractivity contribution in [2.75, 3.05) is 12.0 Å². The topological polar surface area (TPSA) is 59.5 Å². The number of benzene rings is 1. The number of halogens is 11. The first-order valence-electron chi connectivity index (χ1n) is 8.60. The lowest BCUT2D eigenvalue weighted by Gasteiger charge is -2.32. The highest BCUT2D eigenvalue weighted by molar-refractivity contribution is 6.00. The van der Waals surface area contributed by atoms with Gasteiger partial charge in [0.05, 0.1) is 18.8 Å². The minimum atomic E-state index is -7.12. The van der Waals surface area contributed by atoms with E-state index >= 15 is 0 Å². The number of carbonyl (C=O) groups is 1. The summed E-state index contributed by atoms with van der Waals surface area (Å²) in [5.41, 5.74) is 0.552. The molecule has 2 rings (SSSR count). The SMILES string of the molecule is C[n+]1ccn(NC(=O)c2cc(F)c(/C=N/OCC(F)(F)C(F)(F)C(F)(F)C(F)(F)F)c(F)c2)c1. The van der Waals surface area contributed by atoms with E-state index in [4.69, 9.17) is 0 Å². The number of nitrogens with one attached hydrogen (secondary N) is 1. The molecule has 0 bridgehead atoms. The number of aryl methyl sites for hydroxylation is 1. The van der Waals surface area contributed by atoms with Gasteiger partial charge < -0.3 is 4.84 Å². The molecule has 0 fully saturated rings. The van der Waals surface area contributed by atoms with E-state index in [9.17, 15) is 53.1 Å². The smallest absolute Gasteiger partial charge is 0.389 e. The maximum Gasteiger partial charge on any atom is 0.460 e. The number of imidazole rings is 1. The van der Waals surface area contributed by atoms with E-state index in [1.807, 2.05) is 0 Å². The van der Waals surface area contributed by atoms with Crippen molar-refractivity contribution in [3.63, 3.8) is 0 Å². The van der Waals surface area contributed by atoms with Gasteiger partial charge >= 0.3 is 23.9 Å². The molecule has 0 aliphatic heterocycles. The molecule has 34 heavy (non-hydrogen) atoms. The molecular weight excluding hydrogens is 501 g/mol. The van der Waals surface area contributed by atoms with Gasteiger partial charge in [-0.1, -0.05) is 5.16 Å². The third-order valence-corrected chi connectivity index (χ3v) is 4.05. The van der Waals surface area contributed by atoms with Gasteiger partial charge in [-0.15, -0.1) is 4.68 Å². The Labute approximate surface area is 182 Å². The van der Waals surface area contributed by atoms with Gasteiger partial charge in [0, 0.05) is 5.56 Å². The summed E-state index contributed by atoms with van der Waals surface area (Å²) in [6, 6.07) is 0.964. The van der Waals surface area contributed by atoms with Gasteiger partial charge in [-0.05, 0) is 12.1 Å². The summed E-state index contributed by atoms with van der Waals surface area (Å²) in [5.74, 6) is -24.1. The highest BCUT2D eigenvalue weighted by atomic mass is 19.4. The maximum atomic E-state index is 14.1. The van der Waals surface area contributed by atoms with Crippen molar-refractivity contribution in [1.82, 2.24) is 4.68 Å². The summed E-state index contributed by atoms with van der Waals surface area (Å²) < 4.78 is 145. The molecule has 17 heteroatoms. The molecule has 0 radical (unpaired) electrons. The van der Waals surface area contributed by atoms with E-state index in [-0.39, 0.29) is 6.21 Å². The number of hydrogen-bond acceptors (Lipinski definition) is 3. The first kappa shape index (κ1) is 26.8. The molecule has 0 atom stereocenters. The number of rotatable bonds is 8. The first-order valence-corrected chi connectivity index (χ1v) is 8.60. The average molecular weight is 513 g/mol. The minimum absolute atomic E-state index is 0.0222. The van der Waals surface area contributed by atoms with E-state index in [0.29, 0.717) is 12.1 Å². The number of aromatic nitrogens is 2. The van der Waals surface area contributed by atoms with Crippen LogP contribution in [-0.2, 0) is 11.9 Å². The van der Waals surface area contributed by atoms with Crippen molar-refractivity contribution in [1.29, 1.82) is 0 Å². The lowest BCUT2D eigenvalue weighted by Crippen LogP contribution is -2.62. The Morgan fingerprint density at radius 2 is 1.62 bits per heavy atom. The Morgan fingerprint density at radius 1 is 1.06 bits per heavy atom. The summed E-state index contributed by atoms with van der Waals surface area (Å²) in [6.07, 6.45) is -2.71. The van der Waals surface area contributed by atoms with Crippen LogP contribution in [-0.4, -0.2) is 47.3 Å². The summed E-state index contributed by atoms with van der Waals surface area (Å²) in [6.45, 7) is -2.79. The highest BCUT2D eigenvalue weighted by Gasteiger charge is 2.82. The molecule has 188 valence electrons. The van der Waals surface area contributed by atoms with Crippen LogP contribution in [0.1, 0.15) is 15.9 Å². The second-order valence-electron chi connectivity index (χ2n) is 6.64. The Balaban J connectivity index is 2.11. The maximum absolute atomic E-state index is 14.1. The quantitative estimate of drug-likeness (QED) is 0.253. The molecule has 0 saturated heterocycles. The molecule has 0 unspecified atom stereocenters. The van der Waals surface area contributed by atoms with Gasteiger partial charge in [0.2, 0.25) is 0 Å². The highest BCUT2D eigenvalue weighted by Crippen LogP contribution is 2.53. The number of amides is 1. The number of alkyl halides is 9. The summed E-state index contributed by atoms with van der Waals surface area (Å²) in [7, 11) is 1.61. The minimum Gasteiger partial charge on any atom is -0.389 e. The lowest BCUT2D eigenvalue weighted by molar-refractivity contribution is -0.670. The van der Waals surface area contributed by atoms with Gasteiger partial charge in [0.15, 0.2) is 12.8 Å². The molecule has 1 aromatic carbocycles. The predicted octanol–water partition coefficient (Wildman–Crippen LogP) is 3.79. The lowest BCUT2D eigenvalue weighted by atomic mass is 10.1. The van der Waals surface area contributed by atoms with E-state index in [2.05, 4.69) is 15.4 Å². The molecule has 1 amide bonds. The van der Waals surface area contributed by atoms with Crippen LogP contribution in [0.3, 0.4) is 0 Å². The zero-order valence-corrected chi connectivity index (χ0v) is 16.5. The first-order chi connectivity index (χ1) is 15.4. The molecule has 0 spiro atoms. The monoisotopic (exact) mass is 513 g/mol. The molecule has 0 saturated carbocycles. The molecular formula is C17H12F11N4O2+. The largest absolute Gasteiger partial charge is 0.460 e. The van der Waals surface area contributed by atoms with Gasteiger partial charge in [-0.3, -0.25) is 4.79 Å². The molecule has 0 aliphatic rings. The van der Waals surface area contributed by atoms with E-state index in [1.165, 1.54) is 23.3 Å².